The second kappa shape index (κ2) is 7.11. The quantitative estimate of drug-likeness (QED) is 0.734. The van der Waals surface area contributed by atoms with Crippen LogP contribution in [0.25, 0.3) is 0 Å². The summed E-state index contributed by atoms with van der Waals surface area (Å²) in [6.45, 7) is 2.52. The van der Waals surface area contributed by atoms with E-state index in [1.807, 2.05) is 6.92 Å². The minimum Gasteiger partial charge on any atom is -0.481 e. The molecular weight excluding hydrogens is 248 g/mol. The number of hydrogen-bond acceptors (Lipinski definition) is 3. The number of nitrogens with zero attached hydrogens (tertiary/aromatic N) is 1. The van der Waals surface area contributed by atoms with Gasteiger partial charge in [0.05, 0.1) is 18.4 Å². The monoisotopic (exact) mass is 270 g/mol. The number of hydrogen-bond donors (Lipinski definition) is 2. The molecular formula is C13H22N2O4. The van der Waals surface area contributed by atoms with Crippen molar-refractivity contribution < 1.29 is 19.5 Å². The lowest BCUT2D eigenvalue weighted by atomic mass is 9.95. The molecule has 0 saturated heterocycles. The Hall–Kier alpha value is -1.59. The van der Waals surface area contributed by atoms with E-state index >= 15 is 0 Å². The van der Waals surface area contributed by atoms with Gasteiger partial charge in [-0.15, -0.1) is 0 Å². The normalized spacial score (nSPS) is 22.0. The molecule has 1 fully saturated rings. The minimum absolute atomic E-state index is 0.0122. The number of carbonyl (C=O) groups is 3. The molecule has 6 heteroatoms. The average Bonchev–Trinajstić information content (AvgIpc) is 2.84. The Kier molecular flexibility index (Phi) is 5.79. The molecule has 0 aromatic carbocycles. The van der Waals surface area contributed by atoms with Crippen molar-refractivity contribution in [2.75, 3.05) is 20.1 Å². The van der Waals surface area contributed by atoms with Crippen molar-refractivity contribution in [3.63, 3.8) is 0 Å². The van der Waals surface area contributed by atoms with E-state index in [0.29, 0.717) is 19.4 Å². The first-order valence-electron chi connectivity index (χ1n) is 6.71. The Morgan fingerprint density at radius 2 is 1.89 bits per heavy atom. The maximum atomic E-state index is 12.2. The topological polar surface area (TPSA) is 86.7 Å². The van der Waals surface area contributed by atoms with E-state index in [4.69, 9.17) is 5.11 Å². The number of nitrogens with one attached hydrogen (secondary N) is 1. The molecule has 2 atom stereocenters. The summed E-state index contributed by atoms with van der Waals surface area (Å²) >= 11 is 0. The van der Waals surface area contributed by atoms with Crippen molar-refractivity contribution in [1.82, 2.24) is 10.2 Å². The zero-order valence-electron chi connectivity index (χ0n) is 11.5. The second-order valence-electron chi connectivity index (χ2n) is 5.03. The van der Waals surface area contributed by atoms with Crippen molar-refractivity contribution in [2.24, 2.45) is 11.8 Å². The summed E-state index contributed by atoms with van der Waals surface area (Å²) in [5.74, 6) is -2.45. The number of rotatable bonds is 6. The number of aliphatic carboxylic acids is 1. The van der Waals surface area contributed by atoms with Gasteiger partial charge in [0.2, 0.25) is 11.8 Å². The molecule has 1 rings (SSSR count). The van der Waals surface area contributed by atoms with Gasteiger partial charge in [-0.1, -0.05) is 13.3 Å². The molecule has 0 aromatic rings. The van der Waals surface area contributed by atoms with Crippen LogP contribution in [0.3, 0.4) is 0 Å². The number of amides is 2. The van der Waals surface area contributed by atoms with Crippen molar-refractivity contribution in [2.45, 2.75) is 32.6 Å². The molecule has 1 saturated carbocycles. The SMILES string of the molecule is CCCNC(=O)CN(C)C(=O)C1CCCC1C(=O)O. The Morgan fingerprint density at radius 3 is 2.47 bits per heavy atom. The highest BCUT2D eigenvalue weighted by atomic mass is 16.4. The van der Waals surface area contributed by atoms with Crippen LogP contribution in [0, 0.1) is 11.8 Å². The van der Waals surface area contributed by atoms with Crippen LogP contribution in [0.2, 0.25) is 0 Å². The van der Waals surface area contributed by atoms with Gasteiger partial charge in [-0.25, -0.2) is 0 Å². The summed E-state index contributed by atoms with van der Waals surface area (Å²) < 4.78 is 0. The van der Waals surface area contributed by atoms with Crippen molar-refractivity contribution in [3.05, 3.63) is 0 Å². The van der Waals surface area contributed by atoms with Crippen LogP contribution in [0.1, 0.15) is 32.6 Å². The highest BCUT2D eigenvalue weighted by molar-refractivity contribution is 5.88. The van der Waals surface area contributed by atoms with Crippen molar-refractivity contribution in [3.8, 4) is 0 Å². The van der Waals surface area contributed by atoms with Crippen LogP contribution in [0.15, 0.2) is 0 Å². The predicted molar refractivity (Wildman–Crippen MR) is 69.4 cm³/mol. The lowest BCUT2D eigenvalue weighted by molar-refractivity contribution is -0.149. The second-order valence-corrected chi connectivity index (χ2v) is 5.03. The van der Waals surface area contributed by atoms with Gasteiger partial charge in [-0.05, 0) is 19.3 Å². The maximum absolute atomic E-state index is 12.2. The summed E-state index contributed by atoms with van der Waals surface area (Å²) in [5.41, 5.74) is 0. The van der Waals surface area contributed by atoms with E-state index in [9.17, 15) is 14.4 Å². The van der Waals surface area contributed by atoms with Crippen LogP contribution in [-0.4, -0.2) is 47.9 Å². The third-order valence-corrected chi connectivity index (χ3v) is 3.48. The van der Waals surface area contributed by atoms with Gasteiger partial charge >= 0.3 is 5.97 Å². The Balaban J connectivity index is 2.52. The lowest BCUT2D eigenvalue weighted by Crippen LogP contribution is -2.42. The van der Waals surface area contributed by atoms with Crippen molar-refractivity contribution in [1.29, 1.82) is 0 Å². The molecule has 0 radical (unpaired) electrons. The van der Waals surface area contributed by atoms with Crippen LogP contribution in [0.4, 0.5) is 0 Å². The van der Waals surface area contributed by atoms with E-state index in [1.165, 1.54) is 4.90 Å². The molecule has 0 spiro atoms. The molecule has 0 heterocycles. The third kappa shape index (κ3) is 4.22. The van der Waals surface area contributed by atoms with E-state index < -0.39 is 17.8 Å². The predicted octanol–water partition coefficient (Wildman–Crippen LogP) is 0.472. The van der Waals surface area contributed by atoms with E-state index in [0.717, 1.165) is 12.8 Å². The molecule has 0 aromatic heterocycles. The van der Waals surface area contributed by atoms with Gasteiger partial charge < -0.3 is 15.3 Å². The lowest BCUT2D eigenvalue weighted by Gasteiger charge is -2.23. The standard InChI is InChI=1S/C13H22N2O4/c1-3-7-14-11(16)8-15(2)12(17)9-5-4-6-10(9)13(18)19/h9-10H,3-8H2,1-2H3,(H,14,16)(H,18,19). The molecule has 0 bridgehead atoms. The van der Waals surface area contributed by atoms with Crippen LogP contribution < -0.4 is 5.32 Å². The summed E-state index contributed by atoms with van der Waals surface area (Å²) in [4.78, 5) is 36.1. The molecule has 2 N–H and O–H groups in total. The third-order valence-electron chi connectivity index (χ3n) is 3.48. The van der Waals surface area contributed by atoms with Crippen LogP contribution in [-0.2, 0) is 14.4 Å². The zero-order valence-corrected chi connectivity index (χ0v) is 11.5. The number of carboxylic acids is 1. The summed E-state index contributed by atoms with van der Waals surface area (Å²) in [7, 11) is 1.55. The van der Waals surface area contributed by atoms with Gasteiger partial charge in [0, 0.05) is 13.6 Å². The Morgan fingerprint density at radius 1 is 1.26 bits per heavy atom. The Bertz CT molecular complexity index is 357. The van der Waals surface area contributed by atoms with E-state index in [2.05, 4.69) is 5.32 Å². The minimum atomic E-state index is -0.917. The van der Waals surface area contributed by atoms with Gasteiger partial charge in [-0.2, -0.15) is 0 Å². The molecule has 6 nitrogen and oxygen atoms in total. The smallest absolute Gasteiger partial charge is 0.307 e. The van der Waals surface area contributed by atoms with E-state index in [-0.39, 0.29) is 18.4 Å². The molecule has 19 heavy (non-hydrogen) atoms. The fraction of sp³-hybridized carbons (Fsp3) is 0.769. The average molecular weight is 270 g/mol. The number of likely N-dealkylation sites (N-methyl/N-ethyl adjacent to an activating group) is 1. The number of carbonyl (C=O) groups excluding carboxylic acids is 2. The molecule has 1 aliphatic rings. The molecule has 2 amide bonds. The van der Waals surface area contributed by atoms with Gasteiger partial charge in [0.15, 0.2) is 0 Å². The summed E-state index contributed by atoms with van der Waals surface area (Å²) in [6, 6.07) is 0. The first kappa shape index (κ1) is 15.5. The first-order valence-corrected chi connectivity index (χ1v) is 6.71. The van der Waals surface area contributed by atoms with Gasteiger partial charge in [0.1, 0.15) is 0 Å². The van der Waals surface area contributed by atoms with Crippen LogP contribution in [0.5, 0.6) is 0 Å². The highest BCUT2D eigenvalue weighted by Crippen LogP contribution is 2.33. The largest absolute Gasteiger partial charge is 0.481 e. The number of carboxylic acid groups (broad SMARTS) is 1. The molecule has 0 aliphatic heterocycles. The van der Waals surface area contributed by atoms with E-state index in [1.54, 1.807) is 7.05 Å². The molecule has 1 aliphatic carbocycles. The highest BCUT2D eigenvalue weighted by Gasteiger charge is 2.39. The fourth-order valence-corrected chi connectivity index (χ4v) is 2.45. The van der Waals surface area contributed by atoms with Gasteiger partial charge in [-0.3, -0.25) is 14.4 Å². The van der Waals surface area contributed by atoms with Crippen LogP contribution >= 0.6 is 0 Å². The zero-order chi connectivity index (χ0) is 14.4. The van der Waals surface area contributed by atoms with Crippen molar-refractivity contribution >= 4 is 17.8 Å². The summed E-state index contributed by atoms with van der Waals surface area (Å²) in [5, 5.41) is 11.8. The van der Waals surface area contributed by atoms with Gasteiger partial charge in [0.25, 0.3) is 0 Å². The molecule has 2 unspecified atom stereocenters. The fourth-order valence-electron chi connectivity index (χ4n) is 2.45. The summed E-state index contributed by atoms with van der Waals surface area (Å²) in [6.07, 6.45) is 2.73. The Labute approximate surface area is 113 Å². The molecule has 108 valence electrons. The maximum Gasteiger partial charge on any atom is 0.307 e. The first-order chi connectivity index (χ1) is 8.97.